The van der Waals surface area contributed by atoms with Crippen molar-refractivity contribution in [3.05, 3.63) is 63.6 Å². The Bertz CT molecular complexity index is 804. The van der Waals surface area contributed by atoms with Crippen molar-refractivity contribution in [2.45, 2.75) is 44.0 Å². The maximum atomic E-state index is 12.6. The lowest BCUT2D eigenvalue weighted by Gasteiger charge is -2.17. The summed E-state index contributed by atoms with van der Waals surface area (Å²) in [5.74, 6) is 0.483. The first-order chi connectivity index (χ1) is 11.2. The highest BCUT2D eigenvalue weighted by Crippen LogP contribution is 2.27. The zero-order valence-corrected chi connectivity index (χ0v) is 16.2. The van der Waals surface area contributed by atoms with Crippen LogP contribution in [0.25, 0.3) is 0 Å². The lowest BCUT2D eigenvalue weighted by molar-refractivity contribution is 0.567. The first-order valence-corrected chi connectivity index (χ1v) is 10.1. The SMILES string of the molecule is CCC(C)c1ccc(C(C)NS(=O)(=O)c2cc(Cl)ccc2Cl)cc1. The molecule has 0 amide bonds. The van der Waals surface area contributed by atoms with Crippen molar-refractivity contribution in [2.75, 3.05) is 0 Å². The summed E-state index contributed by atoms with van der Waals surface area (Å²) in [7, 11) is -3.76. The lowest BCUT2D eigenvalue weighted by atomic mass is 9.96. The Hall–Kier alpha value is -1.07. The van der Waals surface area contributed by atoms with Crippen LogP contribution >= 0.6 is 23.2 Å². The number of sulfonamides is 1. The Balaban J connectivity index is 2.21. The lowest BCUT2D eigenvalue weighted by Crippen LogP contribution is -2.27. The average Bonchev–Trinajstić information content (AvgIpc) is 2.56. The van der Waals surface area contributed by atoms with Gasteiger partial charge >= 0.3 is 0 Å². The van der Waals surface area contributed by atoms with Gasteiger partial charge in [0.15, 0.2) is 0 Å². The summed E-state index contributed by atoms with van der Waals surface area (Å²) >= 11 is 11.9. The second-order valence-electron chi connectivity index (χ2n) is 5.89. The summed E-state index contributed by atoms with van der Waals surface area (Å²) < 4.78 is 27.8. The van der Waals surface area contributed by atoms with Gasteiger partial charge in [-0.25, -0.2) is 13.1 Å². The monoisotopic (exact) mass is 385 g/mol. The number of rotatable bonds is 6. The minimum atomic E-state index is -3.76. The van der Waals surface area contributed by atoms with Crippen LogP contribution in [0.2, 0.25) is 10.0 Å². The van der Waals surface area contributed by atoms with Crippen LogP contribution in [0.3, 0.4) is 0 Å². The molecule has 2 unspecified atom stereocenters. The quantitative estimate of drug-likeness (QED) is 0.708. The second kappa shape index (κ2) is 7.87. The van der Waals surface area contributed by atoms with Crippen LogP contribution in [-0.2, 0) is 10.0 Å². The largest absolute Gasteiger partial charge is 0.242 e. The molecule has 0 aliphatic rings. The van der Waals surface area contributed by atoms with Gasteiger partial charge < -0.3 is 0 Å². The van der Waals surface area contributed by atoms with Crippen molar-refractivity contribution in [3.63, 3.8) is 0 Å². The van der Waals surface area contributed by atoms with Gasteiger partial charge in [0, 0.05) is 11.1 Å². The minimum Gasteiger partial charge on any atom is -0.207 e. The molecule has 24 heavy (non-hydrogen) atoms. The Morgan fingerprint density at radius 2 is 1.58 bits per heavy atom. The molecule has 0 saturated heterocycles. The minimum absolute atomic E-state index is 0.0141. The highest BCUT2D eigenvalue weighted by atomic mass is 35.5. The van der Waals surface area contributed by atoms with Gasteiger partial charge in [-0.05, 0) is 48.6 Å². The van der Waals surface area contributed by atoms with E-state index in [4.69, 9.17) is 23.2 Å². The maximum absolute atomic E-state index is 12.6. The third-order valence-corrected chi connectivity index (χ3v) is 6.39. The summed E-state index contributed by atoms with van der Waals surface area (Å²) in [6, 6.07) is 12.0. The molecule has 0 aliphatic carbocycles. The van der Waals surface area contributed by atoms with Gasteiger partial charge in [-0.15, -0.1) is 0 Å². The fraction of sp³-hybridized carbons (Fsp3) is 0.333. The molecule has 3 nitrogen and oxygen atoms in total. The Kier molecular flexibility index (Phi) is 6.32. The summed E-state index contributed by atoms with van der Waals surface area (Å²) in [5.41, 5.74) is 2.14. The van der Waals surface area contributed by atoms with Gasteiger partial charge in [0.2, 0.25) is 10.0 Å². The topological polar surface area (TPSA) is 46.2 Å². The number of halogens is 2. The van der Waals surface area contributed by atoms with Crippen LogP contribution in [0.5, 0.6) is 0 Å². The Labute approximate surface area is 154 Å². The van der Waals surface area contributed by atoms with E-state index in [2.05, 4.69) is 18.6 Å². The molecule has 2 rings (SSSR count). The van der Waals surface area contributed by atoms with Crippen LogP contribution in [0, 0.1) is 0 Å². The van der Waals surface area contributed by atoms with E-state index in [-0.39, 0.29) is 16.0 Å². The standard InChI is InChI=1S/C18H21Cl2NO2S/c1-4-12(2)14-5-7-15(8-6-14)13(3)21-24(22,23)18-11-16(19)9-10-17(18)20/h5-13,21H,4H2,1-3H3. The molecule has 0 heterocycles. The van der Waals surface area contributed by atoms with Crippen molar-refractivity contribution < 1.29 is 8.42 Å². The van der Waals surface area contributed by atoms with Gasteiger partial charge in [-0.2, -0.15) is 0 Å². The van der Waals surface area contributed by atoms with E-state index in [0.717, 1.165) is 12.0 Å². The third-order valence-electron chi connectivity index (χ3n) is 4.13. The maximum Gasteiger partial charge on any atom is 0.242 e. The predicted molar refractivity (Wildman–Crippen MR) is 100 cm³/mol. The van der Waals surface area contributed by atoms with E-state index >= 15 is 0 Å². The summed E-state index contributed by atoms with van der Waals surface area (Å²) in [6.07, 6.45) is 1.06. The average molecular weight is 386 g/mol. The molecule has 0 spiro atoms. The van der Waals surface area contributed by atoms with E-state index < -0.39 is 10.0 Å². The molecule has 2 atom stereocenters. The molecule has 0 radical (unpaired) electrons. The van der Waals surface area contributed by atoms with Gasteiger partial charge in [0.25, 0.3) is 0 Å². The second-order valence-corrected chi connectivity index (χ2v) is 8.42. The van der Waals surface area contributed by atoms with Crippen molar-refractivity contribution >= 4 is 33.2 Å². The van der Waals surface area contributed by atoms with Gasteiger partial charge in [-0.3, -0.25) is 0 Å². The van der Waals surface area contributed by atoms with Crippen molar-refractivity contribution in [3.8, 4) is 0 Å². The fourth-order valence-electron chi connectivity index (χ4n) is 2.40. The fourth-order valence-corrected chi connectivity index (χ4v) is 4.39. The number of nitrogens with one attached hydrogen (secondary N) is 1. The van der Waals surface area contributed by atoms with Crippen LogP contribution < -0.4 is 4.72 Å². The smallest absolute Gasteiger partial charge is 0.207 e. The molecule has 130 valence electrons. The van der Waals surface area contributed by atoms with Crippen molar-refractivity contribution in [1.29, 1.82) is 0 Å². The van der Waals surface area contributed by atoms with E-state index in [1.807, 2.05) is 24.3 Å². The van der Waals surface area contributed by atoms with E-state index in [1.54, 1.807) is 13.0 Å². The zero-order chi connectivity index (χ0) is 17.9. The first-order valence-electron chi connectivity index (χ1n) is 7.82. The van der Waals surface area contributed by atoms with Crippen LogP contribution in [0.1, 0.15) is 50.3 Å². The van der Waals surface area contributed by atoms with Gasteiger partial charge in [0.05, 0.1) is 5.02 Å². The van der Waals surface area contributed by atoms with Gasteiger partial charge in [0.1, 0.15) is 4.90 Å². The van der Waals surface area contributed by atoms with Crippen LogP contribution in [0.4, 0.5) is 0 Å². The summed E-state index contributed by atoms with van der Waals surface area (Å²) in [4.78, 5) is -0.0141. The third kappa shape index (κ3) is 4.51. The van der Waals surface area contributed by atoms with Crippen molar-refractivity contribution in [1.82, 2.24) is 4.72 Å². The molecular weight excluding hydrogens is 365 g/mol. The van der Waals surface area contributed by atoms with E-state index in [9.17, 15) is 8.42 Å². The molecule has 2 aromatic carbocycles. The molecule has 0 saturated carbocycles. The van der Waals surface area contributed by atoms with E-state index in [0.29, 0.717) is 10.9 Å². The zero-order valence-electron chi connectivity index (χ0n) is 13.9. The van der Waals surface area contributed by atoms with Crippen molar-refractivity contribution in [2.24, 2.45) is 0 Å². The van der Waals surface area contributed by atoms with Crippen LogP contribution in [0.15, 0.2) is 47.4 Å². The number of hydrogen-bond acceptors (Lipinski definition) is 2. The summed E-state index contributed by atoms with van der Waals surface area (Å²) in [6.45, 7) is 6.11. The Morgan fingerprint density at radius 1 is 1.00 bits per heavy atom. The number of hydrogen-bond donors (Lipinski definition) is 1. The molecule has 0 aliphatic heterocycles. The molecule has 0 fully saturated rings. The predicted octanol–water partition coefficient (Wildman–Crippen LogP) is 5.55. The molecule has 6 heteroatoms. The van der Waals surface area contributed by atoms with E-state index in [1.165, 1.54) is 17.7 Å². The molecule has 0 bridgehead atoms. The number of benzene rings is 2. The first kappa shape index (κ1) is 19.3. The van der Waals surface area contributed by atoms with Crippen LogP contribution in [-0.4, -0.2) is 8.42 Å². The normalized spacial score (nSPS) is 14.4. The molecule has 0 aromatic heterocycles. The summed E-state index contributed by atoms with van der Waals surface area (Å²) in [5, 5.41) is 0.469. The molecule has 2 aromatic rings. The van der Waals surface area contributed by atoms with Gasteiger partial charge in [-0.1, -0.05) is 61.3 Å². The highest BCUT2D eigenvalue weighted by Gasteiger charge is 2.21. The Morgan fingerprint density at radius 3 is 2.17 bits per heavy atom. The molecular formula is C18H21Cl2NO2S. The highest BCUT2D eigenvalue weighted by molar-refractivity contribution is 7.89. The molecule has 1 N–H and O–H groups in total.